The van der Waals surface area contributed by atoms with E-state index in [0.29, 0.717) is 6.42 Å². The summed E-state index contributed by atoms with van der Waals surface area (Å²) >= 11 is 3.65. The highest BCUT2D eigenvalue weighted by Crippen LogP contribution is 2.51. The second kappa shape index (κ2) is 5.99. The van der Waals surface area contributed by atoms with E-state index in [0.717, 1.165) is 29.1 Å². The molecule has 1 aliphatic heterocycles. The van der Waals surface area contributed by atoms with Gasteiger partial charge in [0.25, 0.3) is 0 Å². The van der Waals surface area contributed by atoms with Gasteiger partial charge in [0, 0.05) is 28.9 Å². The molecule has 0 fully saturated rings. The number of hydrogen-bond acceptors (Lipinski definition) is 4. The van der Waals surface area contributed by atoms with Crippen molar-refractivity contribution in [2.24, 2.45) is 0 Å². The number of nitrogens with one attached hydrogen (secondary N) is 1. The Hall–Kier alpha value is -1.04. The van der Waals surface area contributed by atoms with E-state index in [9.17, 15) is 5.11 Å². The molecule has 1 heterocycles. The number of methoxy groups -OCH3 is 1. The maximum absolute atomic E-state index is 9.81. The van der Waals surface area contributed by atoms with Crippen LogP contribution in [0.25, 0.3) is 0 Å². The first kappa shape index (κ1) is 14.9. The molecule has 1 aromatic rings. The van der Waals surface area contributed by atoms with Crippen LogP contribution in [0.1, 0.15) is 30.4 Å². The van der Waals surface area contributed by atoms with Gasteiger partial charge >= 0.3 is 0 Å². The average Bonchev–Trinajstić information content (AvgIpc) is 2.84. The van der Waals surface area contributed by atoms with E-state index in [1.54, 1.807) is 7.11 Å². The number of rotatable bonds is 4. The van der Waals surface area contributed by atoms with Crippen molar-refractivity contribution in [3.05, 3.63) is 33.8 Å². The summed E-state index contributed by atoms with van der Waals surface area (Å²) in [5.74, 6) is 1.75. The van der Waals surface area contributed by atoms with E-state index in [1.165, 1.54) is 11.1 Å². The predicted octanol–water partition coefficient (Wildman–Crippen LogP) is 2.73. The van der Waals surface area contributed by atoms with E-state index in [1.807, 2.05) is 12.1 Å². The minimum Gasteiger partial charge on any atom is -0.493 e. The van der Waals surface area contributed by atoms with Crippen molar-refractivity contribution in [1.82, 2.24) is 5.32 Å². The number of ether oxygens (including phenoxy) is 2. The maximum Gasteiger partial charge on any atom is 0.165 e. The Morgan fingerprint density at radius 2 is 2.29 bits per heavy atom. The Morgan fingerprint density at radius 1 is 1.48 bits per heavy atom. The van der Waals surface area contributed by atoms with Gasteiger partial charge < -0.3 is 19.9 Å². The van der Waals surface area contributed by atoms with Gasteiger partial charge in [-0.3, -0.25) is 0 Å². The molecule has 2 N–H and O–H groups in total. The van der Waals surface area contributed by atoms with Crippen molar-refractivity contribution in [3.8, 4) is 11.5 Å². The van der Waals surface area contributed by atoms with Crippen molar-refractivity contribution < 1.29 is 14.6 Å². The highest BCUT2D eigenvalue weighted by atomic mass is 79.9. The Labute approximate surface area is 133 Å². The molecule has 1 aliphatic carbocycles. The second-order valence-corrected chi connectivity index (χ2v) is 6.29. The zero-order valence-electron chi connectivity index (χ0n) is 12.2. The Bertz CT molecular complexity index is 573. The molecule has 21 heavy (non-hydrogen) atoms. The van der Waals surface area contributed by atoms with Gasteiger partial charge in [-0.05, 0) is 18.2 Å². The van der Waals surface area contributed by atoms with Crippen molar-refractivity contribution in [2.75, 3.05) is 13.7 Å². The van der Waals surface area contributed by atoms with E-state index < -0.39 is 6.10 Å². The molecule has 0 aromatic heterocycles. The minimum atomic E-state index is -0.424. The molecule has 5 heteroatoms. The molecular weight excluding hydrogens is 334 g/mol. The topological polar surface area (TPSA) is 50.7 Å². The quantitative estimate of drug-likeness (QED) is 0.817. The number of benzene rings is 1. The summed E-state index contributed by atoms with van der Waals surface area (Å²) in [5.41, 5.74) is 2.39. The van der Waals surface area contributed by atoms with Gasteiger partial charge in [-0.2, -0.15) is 0 Å². The molecule has 0 bridgehead atoms. The minimum absolute atomic E-state index is 0.0106. The third kappa shape index (κ3) is 2.58. The van der Waals surface area contributed by atoms with Gasteiger partial charge in [-0.15, -0.1) is 0 Å². The molecule has 0 saturated carbocycles. The zero-order valence-corrected chi connectivity index (χ0v) is 13.8. The standard InChI is InChI=1S/C16H20BrNO3/c1-3-18-8-11-12(17)7-14(20-2)16-15(11)10-5-4-9(19)6-13(10)21-16/h4-5,7,9-10,13,18-19H,3,6,8H2,1-2H3/t9-,10?,13+/m1/s1. The van der Waals surface area contributed by atoms with Crippen LogP contribution < -0.4 is 14.8 Å². The normalized spacial score (nSPS) is 26.2. The van der Waals surface area contributed by atoms with Gasteiger partial charge in [0.15, 0.2) is 11.5 Å². The third-order valence-corrected chi connectivity index (χ3v) is 4.84. The van der Waals surface area contributed by atoms with E-state index in [4.69, 9.17) is 9.47 Å². The van der Waals surface area contributed by atoms with Crippen molar-refractivity contribution in [2.45, 2.75) is 38.0 Å². The van der Waals surface area contributed by atoms with Crippen LogP contribution >= 0.6 is 15.9 Å². The lowest BCUT2D eigenvalue weighted by Gasteiger charge is -2.23. The Morgan fingerprint density at radius 3 is 3.00 bits per heavy atom. The van der Waals surface area contributed by atoms with Crippen LogP contribution in [-0.4, -0.2) is 31.0 Å². The Balaban J connectivity index is 2.09. The highest BCUT2D eigenvalue weighted by molar-refractivity contribution is 9.10. The first-order valence-electron chi connectivity index (χ1n) is 7.28. The van der Waals surface area contributed by atoms with E-state index in [2.05, 4.69) is 34.2 Å². The van der Waals surface area contributed by atoms with Gasteiger partial charge in [-0.1, -0.05) is 35.0 Å². The lowest BCUT2D eigenvalue weighted by Crippen LogP contribution is -2.27. The molecule has 0 spiro atoms. The molecular formula is C16H20BrNO3. The van der Waals surface area contributed by atoms with E-state index in [-0.39, 0.29) is 12.0 Å². The smallest absolute Gasteiger partial charge is 0.165 e. The number of aliphatic hydroxyl groups is 1. The first-order chi connectivity index (χ1) is 10.2. The molecule has 0 saturated heterocycles. The molecule has 114 valence electrons. The molecule has 0 amide bonds. The summed E-state index contributed by atoms with van der Waals surface area (Å²) in [7, 11) is 1.65. The van der Waals surface area contributed by atoms with Crippen LogP contribution in [0.15, 0.2) is 22.7 Å². The number of halogens is 1. The number of aliphatic hydroxyl groups excluding tert-OH is 1. The van der Waals surface area contributed by atoms with Gasteiger partial charge in [0.05, 0.1) is 13.2 Å². The molecule has 1 aromatic carbocycles. The van der Waals surface area contributed by atoms with Crippen molar-refractivity contribution in [3.63, 3.8) is 0 Å². The van der Waals surface area contributed by atoms with Crippen LogP contribution in [0.5, 0.6) is 11.5 Å². The molecule has 2 aliphatic rings. The van der Waals surface area contributed by atoms with Crippen molar-refractivity contribution in [1.29, 1.82) is 0 Å². The maximum atomic E-state index is 9.81. The SMILES string of the molecule is CCNCc1c(Br)cc(OC)c2c1C1C=C[C@@H](O)C[C@@H]1O2. The summed E-state index contributed by atoms with van der Waals surface area (Å²) < 4.78 is 12.6. The number of fused-ring (bicyclic) bond motifs is 3. The van der Waals surface area contributed by atoms with Gasteiger partial charge in [0.1, 0.15) is 6.10 Å². The van der Waals surface area contributed by atoms with E-state index >= 15 is 0 Å². The van der Waals surface area contributed by atoms with Crippen LogP contribution in [0.2, 0.25) is 0 Å². The fourth-order valence-electron chi connectivity index (χ4n) is 3.11. The summed E-state index contributed by atoms with van der Waals surface area (Å²) in [4.78, 5) is 0. The van der Waals surface area contributed by atoms with Crippen molar-refractivity contribution >= 4 is 15.9 Å². The summed E-state index contributed by atoms with van der Waals surface area (Å²) in [6.45, 7) is 3.79. The fourth-order valence-corrected chi connectivity index (χ4v) is 3.67. The highest BCUT2D eigenvalue weighted by Gasteiger charge is 2.40. The lowest BCUT2D eigenvalue weighted by molar-refractivity contribution is 0.117. The van der Waals surface area contributed by atoms with Gasteiger partial charge in [-0.25, -0.2) is 0 Å². The van der Waals surface area contributed by atoms with Crippen LogP contribution in [0.4, 0.5) is 0 Å². The largest absolute Gasteiger partial charge is 0.493 e. The molecule has 0 radical (unpaired) electrons. The molecule has 1 unspecified atom stereocenters. The zero-order chi connectivity index (χ0) is 15.0. The summed E-state index contributed by atoms with van der Waals surface area (Å²) in [5, 5.41) is 13.2. The predicted molar refractivity (Wildman–Crippen MR) is 85.0 cm³/mol. The molecule has 3 atom stereocenters. The summed E-state index contributed by atoms with van der Waals surface area (Å²) in [6, 6.07) is 1.96. The average molecular weight is 354 g/mol. The monoisotopic (exact) mass is 353 g/mol. The number of hydrogen-bond donors (Lipinski definition) is 2. The lowest BCUT2D eigenvalue weighted by atomic mass is 9.85. The Kier molecular flexibility index (Phi) is 4.24. The molecule has 4 nitrogen and oxygen atoms in total. The second-order valence-electron chi connectivity index (χ2n) is 5.43. The van der Waals surface area contributed by atoms with Gasteiger partial charge in [0.2, 0.25) is 0 Å². The van der Waals surface area contributed by atoms with Crippen LogP contribution in [-0.2, 0) is 6.54 Å². The first-order valence-corrected chi connectivity index (χ1v) is 8.08. The summed E-state index contributed by atoms with van der Waals surface area (Å²) in [6.07, 6.45) is 4.11. The fraction of sp³-hybridized carbons (Fsp3) is 0.500. The molecule has 3 rings (SSSR count). The third-order valence-electron chi connectivity index (χ3n) is 4.13. The van der Waals surface area contributed by atoms with Crippen LogP contribution in [0, 0.1) is 0 Å². The van der Waals surface area contributed by atoms with Crippen LogP contribution in [0.3, 0.4) is 0 Å².